The van der Waals surface area contributed by atoms with Gasteiger partial charge in [-0.25, -0.2) is 13.4 Å². The van der Waals surface area contributed by atoms with Crippen LogP contribution in [0.5, 0.6) is 0 Å². The summed E-state index contributed by atoms with van der Waals surface area (Å²) in [6, 6.07) is 13.4. The second-order valence-electron chi connectivity index (χ2n) is 5.38. The van der Waals surface area contributed by atoms with E-state index in [9.17, 15) is 8.42 Å². The Bertz CT molecular complexity index is 735. The van der Waals surface area contributed by atoms with E-state index in [-0.39, 0.29) is 17.7 Å². The fourth-order valence-corrected chi connectivity index (χ4v) is 3.37. The SMILES string of the molecule is CCS(=O)(=O)c1ccccn1.CC[C@@H]1OB(C)c2ccccc21. The Morgan fingerprint density at radius 3 is 2.43 bits per heavy atom. The lowest BCUT2D eigenvalue weighted by Crippen LogP contribution is -2.23. The third-order valence-corrected chi connectivity index (χ3v) is 5.50. The molecule has 1 aromatic heterocycles. The Hall–Kier alpha value is -1.66. The van der Waals surface area contributed by atoms with Crippen molar-refractivity contribution >= 4 is 22.2 Å². The van der Waals surface area contributed by atoms with Gasteiger partial charge in [-0.2, -0.15) is 0 Å². The lowest BCUT2D eigenvalue weighted by atomic mass is 9.64. The molecule has 0 amide bonds. The van der Waals surface area contributed by atoms with Gasteiger partial charge in [0, 0.05) is 6.20 Å². The summed E-state index contributed by atoms with van der Waals surface area (Å²) in [6.45, 7) is 6.17. The number of sulfone groups is 1. The number of aromatic nitrogens is 1. The zero-order valence-corrected chi connectivity index (χ0v) is 14.6. The molecule has 0 saturated carbocycles. The quantitative estimate of drug-likeness (QED) is 0.812. The van der Waals surface area contributed by atoms with E-state index in [0.717, 1.165) is 6.42 Å². The van der Waals surface area contributed by atoms with Crippen LogP contribution in [0.15, 0.2) is 53.7 Å². The van der Waals surface area contributed by atoms with Gasteiger partial charge in [-0.1, -0.05) is 51.0 Å². The van der Waals surface area contributed by atoms with Crippen LogP contribution in [0.4, 0.5) is 0 Å². The van der Waals surface area contributed by atoms with Gasteiger partial charge in [-0.15, -0.1) is 0 Å². The number of fused-ring (bicyclic) bond motifs is 1. The summed E-state index contributed by atoms with van der Waals surface area (Å²) >= 11 is 0. The minimum atomic E-state index is -3.11. The summed E-state index contributed by atoms with van der Waals surface area (Å²) in [5.74, 6) is 0.101. The van der Waals surface area contributed by atoms with Crippen molar-refractivity contribution in [1.82, 2.24) is 4.98 Å². The Kier molecular flexibility index (Phi) is 5.96. The second-order valence-corrected chi connectivity index (χ2v) is 7.60. The number of rotatable bonds is 3. The van der Waals surface area contributed by atoms with Gasteiger partial charge >= 0.3 is 6.92 Å². The molecule has 1 aromatic carbocycles. The molecule has 0 aliphatic carbocycles. The van der Waals surface area contributed by atoms with Crippen molar-refractivity contribution in [2.45, 2.75) is 38.2 Å². The first kappa shape index (κ1) is 17.7. The Balaban J connectivity index is 0.000000168. The van der Waals surface area contributed by atoms with E-state index in [4.69, 9.17) is 4.65 Å². The molecule has 4 nitrogen and oxygen atoms in total. The van der Waals surface area contributed by atoms with Crippen LogP contribution >= 0.6 is 0 Å². The normalized spacial score (nSPS) is 16.5. The van der Waals surface area contributed by atoms with Gasteiger partial charge in [0.2, 0.25) is 0 Å². The van der Waals surface area contributed by atoms with Crippen LogP contribution in [-0.2, 0) is 14.5 Å². The van der Waals surface area contributed by atoms with Crippen LogP contribution in [0.3, 0.4) is 0 Å². The zero-order chi connectivity index (χ0) is 16.9. The molecule has 6 heteroatoms. The predicted octanol–water partition coefficient (Wildman–Crippen LogP) is 2.87. The average molecular weight is 331 g/mol. The first-order valence-electron chi connectivity index (χ1n) is 7.87. The third-order valence-electron chi connectivity index (χ3n) is 3.86. The maximum absolute atomic E-state index is 11.1. The molecule has 23 heavy (non-hydrogen) atoms. The fourth-order valence-electron chi connectivity index (χ4n) is 2.56. The number of nitrogens with zero attached hydrogens (tertiary/aromatic N) is 1. The molecule has 0 radical (unpaired) electrons. The van der Waals surface area contributed by atoms with E-state index in [1.807, 2.05) is 0 Å². The van der Waals surface area contributed by atoms with Crippen LogP contribution < -0.4 is 5.46 Å². The number of pyridine rings is 1. The van der Waals surface area contributed by atoms with Crippen molar-refractivity contribution in [3.05, 3.63) is 54.2 Å². The minimum Gasteiger partial charge on any atom is -0.424 e. The smallest absolute Gasteiger partial charge is 0.324 e. The van der Waals surface area contributed by atoms with E-state index >= 15 is 0 Å². The fraction of sp³-hybridized carbons (Fsp3) is 0.353. The molecule has 1 atom stereocenters. The van der Waals surface area contributed by atoms with Gasteiger partial charge in [-0.3, -0.25) is 0 Å². The molecule has 0 N–H and O–H groups in total. The van der Waals surface area contributed by atoms with Gasteiger partial charge < -0.3 is 4.65 Å². The molecule has 0 spiro atoms. The van der Waals surface area contributed by atoms with Crippen molar-refractivity contribution in [3.63, 3.8) is 0 Å². The van der Waals surface area contributed by atoms with Crippen LogP contribution in [0, 0.1) is 0 Å². The van der Waals surface area contributed by atoms with Crippen molar-refractivity contribution in [3.8, 4) is 0 Å². The highest BCUT2D eigenvalue weighted by Crippen LogP contribution is 2.26. The molecule has 0 bridgehead atoms. The molecule has 3 rings (SSSR count). The van der Waals surface area contributed by atoms with Gasteiger partial charge in [0.05, 0.1) is 11.9 Å². The maximum Gasteiger partial charge on any atom is 0.324 e. The Morgan fingerprint density at radius 2 is 1.83 bits per heavy atom. The molecule has 0 fully saturated rings. The van der Waals surface area contributed by atoms with E-state index < -0.39 is 9.84 Å². The van der Waals surface area contributed by atoms with E-state index in [1.165, 1.54) is 23.3 Å². The monoisotopic (exact) mass is 331 g/mol. The lowest BCUT2D eigenvalue weighted by Gasteiger charge is -2.08. The van der Waals surface area contributed by atoms with Gasteiger partial charge in [-0.05, 0) is 29.6 Å². The van der Waals surface area contributed by atoms with E-state index in [0.29, 0.717) is 6.10 Å². The molecule has 1 aliphatic heterocycles. The minimum absolute atomic E-state index is 0.101. The molecule has 122 valence electrons. The largest absolute Gasteiger partial charge is 0.424 e. The van der Waals surface area contributed by atoms with Crippen LogP contribution in [-0.4, -0.2) is 26.1 Å². The molecule has 2 aromatic rings. The predicted molar refractivity (Wildman–Crippen MR) is 93.8 cm³/mol. The van der Waals surface area contributed by atoms with Crippen molar-refractivity contribution < 1.29 is 13.1 Å². The van der Waals surface area contributed by atoms with Crippen molar-refractivity contribution in [2.24, 2.45) is 0 Å². The summed E-state index contributed by atoms with van der Waals surface area (Å²) in [5, 5.41) is 0.155. The Morgan fingerprint density at radius 1 is 1.13 bits per heavy atom. The first-order valence-corrected chi connectivity index (χ1v) is 9.52. The first-order chi connectivity index (χ1) is 11.0. The number of hydrogen-bond acceptors (Lipinski definition) is 4. The highest BCUT2D eigenvalue weighted by molar-refractivity contribution is 7.91. The lowest BCUT2D eigenvalue weighted by molar-refractivity contribution is 0.221. The van der Waals surface area contributed by atoms with Crippen LogP contribution in [0.2, 0.25) is 6.82 Å². The molecule has 2 heterocycles. The van der Waals surface area contributed by atoms with Crippen molar-refractivity contribution in [1.29, 1.82) is 0 Å². The summed E-state index contributed by atoms with van der Waals surface area (Å²) in [5.41, 5.74) is 2.75. The zero-order valence-electron chi connectivity index (χ0n) is 13.8. The highest BCUT2D eigenvalue weighted by Gasteiger charge is 2.29. The molecule has 0 saturated heterocycles. The van der Waals surface area contributed by atoms with Gasteiger partial charge in [0.25, 0.3) is 0 Å². The van der Waals surface area contributed by atoms with Gasteiger partial charge in [0.1, 0.15) is 0 Å². The average Bonchev–Trinajstić information content (AvgIpc) is 2.93. The summed E-state index contributed by atoms with van der Waals surface area (Å²) in [7, 11) is -3.11. The summed E-state index contributed by atoms with van der Waals surface area (Å²) < 4.78 is 28.1. The van der Waals surface area contributed by atoms with E-state index in [2.05, 4.69) is 43.0 Å². The standard InChI is InChI=1S/C10H13BO.C7H9NO2S/c1-3-10-8-6-4-5-7-9(8)11(2)12-10;1-2-11(9,10)7-5-3-4-6-8-7/h4-7,10H,3H2,1-2H3;3-6H,2H2,1H3/t10-;/m0./s1. The summed E-state index contributed by atoms with van der Waals surface area (Å²) in [4.78, 5) is 3.73. The highest BCUT2D eigenvalue weighted by atomic mass is 32.2. The van der Waals surface area contributed by atoms with Crippen LogP contribution in [0.25, 0.3) is 0 Å². The van der Waals surface area contributed by atoms with Crippen LogP contribution in [0.1, 0.15) is 31.9 Å². The maximum atomic E-state index is 11.1. The second kappa shape index (κ2) is 7.75. The molecular weight excluding hydrogens is 309 g/mol. The molecule has 0 unspecified atom stereocenters. The van der Waals surface area contributed by atoms with E-state index in [1.54, 1.807) is 19.1 Å². The van der Waals surface area contributed by atoms with Gasteiger partial charge in [0.15, 0.2) is 14.9 Å². The van der Waals surface area contributed by atoms with Crippen molar-refractivity contribution in [2.75, 3.05) is 5.75 Å². The topological polar surface area (TPSA) is 56.3 Å². The molecule has 1 aliphatic rings. The Labute approximate surface area is 138 Å². The number of hydrogen-bond donors (Lipinski definition) is 0. The summed E-state index contributed by atoms with van der Waals surface area (Å²) in [6.07, 6.45) is 2.88. The third kappa shape index (κ3) is 4.21. The molecular formula is C17H22BNO3S. The number of benzene rings is 1.